The van der Waals surface area contributed by atoms with Gasteiger partial charge in [0.1, 0.15) is 29.9 Å². The van der Waals surface area contributed by atoms with E-state index in [2.05, 4.69) is 25.6 Å². The van der Waals surface area contributed by atoms with Gasteiger partial charge in [-0.1, -0.05) is 6.92 Å². The van der Waals surface area contributed by atoms with Gasteiger partial charge in [0, 0.05) is 23.3 Å². The molecule has 0 unspecified atom stereocenters. The number of benzene rings is 1. The second-order valence-corrected chi connectivity index (χ2v) is 10.8. The number of fused-ring (bicyclic) bond motifs is 1. The smallest absolute Gasteiger partial charge is 0.416 e. The van der Waals surface area contributed by atoms with Crippen molar-refractivity contribution >= 4 is 22.8 Å². The Morgan fingerprint density at radius 3 is 2.60 bits per heavy atom. The number of aromatic amines is 1. The number of halogens is 3. The summed E-state index contributed by atoms with van der Waals surface area (Å²) in [5, 5.41) is 14.9. The fourth-order valence-corrected chi connectivity index (χ4v) is 5.36. The lowest BCUT2D eigenvalue weighted by Crippen LogP contribution is -2.48. The quantitative estimate of drug-likeness (QED) is 0.328. The first-order valence-corrected chi connectivity index (χ1v) is 13.4. The summed E-state index contributed by atoms with van der Waals surface area (Å²) in [5.74, 6) is -0.00386. The lowest BCUT2D eigenvalue weighted by atomic mass is 9.82. The Morgan fingerprint density at radius 1 is 1.15 bits per heavy atom. The number of carbonyl (C=O) groups is 2. The van der Waals surface area contributed by atoms with Crippen LogP contribution in [0.5, 0.6) is 5.75 Å². The number of nitrogens with one attached hydrogen (secondary N) is 3. The zero-order chi connectivity index (χ0) is 28.6. The average molecular weight is 560 g/mol. The summed E-state index contributed by atoms with van der Waals surface area (Å²) in [6, 6.07) is 3.12. The Hall–Kier alpha value is -3.67. The molecule has 2 aliphatic rings. The molecule has 5 rings (SSSR count). The molecule has 2 fully saturated rings. The van der Waals surface area contributed by atoms with E-state index in [1.54, 1.807) is 6.92 Å². The van der Waals surface area contributed by atoms with Crippen molar-refractivity contribution in [3.63, 3.8) is 0 Å². The molecule has 0 bridgehead atoms. The predicted molar refractivity (Wildman–Crippen MR) is 141 cm³/mol. The van der Waals surface area contributed by atoms with E-state index < -0.39 is 24.3 Å². The molecule has 2 amide bonds. The number of hydrogen-bond acceptors (Lipinski definition) is 6. The number of aryl methyl sites for hydroxylation is 1. The highest BCUT2D eigenvalue weighted by atomic mass is 19.4. The van der Waals surface area contributed by atoms with Gasteiger partial charge in [0.15, 0.2) is 0 Å². The maximum Gasteiger partial charge on any atom is 0.416 e. The molecule has 12 heteroatoms. The number of rotatable bonds is 8. The molecule has 4 N–H and O–H groups in total. The number of aliphatic hydroxyl groups excluding tert-OH is 1. The summed E-state index contributed by atoms with van der Waals surface area (Å²) in [6.45, 7) is 3.53. The Kier molecular flexibility index (Phi) is 7.72. The Labute approximate surface area is 228 Å². The molecular weight excluding hydrogens is 527 g/mol. The molecule has 2 aromatic heterocycles. The van der Waals surface area contributed by atoms with E-state index in [9.17, 15) is 22.8 Å². The molecule has 2 saturated carbocycles. The number of hydrogen-bond donors (Lipinski definition) is 4. The Balaban J connectivity index is 1.43. The molecule has 3 aromatic rings. The van der Waals surface area contributed by atoms with Gasteiger partial charge in [-0.05, 0) is 69.1 Å². The van der Waals surface area contributed by atoms with E-state index in [0.717, 1.165) is 25.0 Å². The van der Waals surface area contributed by atoms with Crippen molar-refractivity contribution in [2.75, 3.05) is 13.2 Å². The van der Waals surface area contributed by atoms with Crippen molar-refractivity contribution in [1.82, 2.24) is 25.6 Å². The molecule has 3 atom stereocenters. The number of ether oxygens (including phenoxy) is 1. The highest BCUT2D eigenvalue weighted by Gasteiger charge is 2.33. The van der Waals surface area contributed by atoms with Crippen LogP contribution in [0, 0.1) is 18.8 Å². The third-order valence-electron chi connectivity index (χ3n) is 7.73. The molecule has 40 heavy (non-hydrogen) atoms. The van der Waals surface area contributed by atoms with E-state index in [0.29, 0.717) is 54.1 Å². The first kappa shape index (κ1) is 27.9. The SMILES string of the molecule is Cc1[nH]c2c(-c3cc(C(F)(F)F)ccc3OCC3CC3)ncnc2c1C(=O)N[C@H]1CC[C@@H](NC(=O)CO)[C@H](C)C1. The average Bonchev–Trinajstić information content (AvgIpc) is 3.67. The molecular formula is C28H32F3N5O4. The van der Waals surface area contributed by atoms with Gasteiger partial charge < -0.3 is 25.5 Å². The van der Waals surface area contributed by atoms with Gasteiger partial charge in [0.25, 0.3) is 5.91 Å². The van der Waals surface area contributed by atoms with Gasteiger partial charge in [0.05, 0.1) is 23.3 Å². The molecule has 1 aromatic carbocycles. The summed E-state index contributed by atoms with van der Waals surface area (Å²) >= 11 is 0. The largest absolute Gasteiger partial charge is 0.493 e. The molecule has 0 radical (unpaired) electrons. The van der Waals surface area contributed by atoms with E-state index in [4.69, 9.17) is 9.84 Å². The van der Waals surface area contributed by atoms with Crippen molar-refractivity contribution in [2.24, 2.45) is 11.8 Å². The topological polar surface area (TPSA) is 129 Å². The van der Waals surface area contributed by atoms with Gasteiger partial charge >= 0.3 is 6.18 Å². The Bertz CT molecular complexity index is 1420. The lowest BCUT2D eigenvalue weighted by molar-refractivity contribution is -0.137. The van der Waals surface area contributed by atoms with E-state index in [1.807, 2.05) is 6.92 Å². The molecule has 0 spiro atoms. The van der Waals surface area contributed by atoms with E-state index >= 15 is 0 Å². The molecule has 2 heterocycles. The zero-order valence-electron chi connectivity index (χ0n) is 22.3. The lowest BCUT2D eigenvalue weighted by Gasteiger charge is -2.34. The maximum absolute atomic E-state index is 13.6. The summed E-state index contributed by atoms with van der Waals surface area (Å²) in [5.41, 5.74) is 1.04. The van der Waals surface area contributed by atoms with Gasteiger partial charge in [-0.25, -0.2) is 9.97 Å². The molecule has 9 nitrogen and oxygen atoms in total. The normalized spacial score (nSPS) is 21.3. The van der Waals surface area contributed by atoms with E-state index in [1.165, 1.54) is 12.4 Å². The first-order valence-electron chi connectivity index (χ1n) is 13.4. The van der Waals surface area contributed by atoms with Gasteiger partial charge in [-0.2, -0.15) is 13.2 Å². The Morgan fingerprint density at radius 2 is 1.93 bits per heavy atom. The summed E-state index contributed by atoms with van der Waals surface area (Å²) < 4.78 is 46.8. The summed E-state index contributed by atoms with van der Waals surface area (Å²) in [4.78, 5) is 36.8. The minimum absolute atomic E-state index is 0.0817. The standard InChI is InChI=1S/C28H32F3N5O4/c1-14-9-18(6-7-20(14)36-22(38)11-37)35-27(39)23-15(2)34-26-24(32-13-33-25(23)26)19-10-17(28(29,30)31)5-8-21(19)40-12-16-3-4-16/h5,8,10,13-14,16,18,20,34,37H,3-4,6-7,9,11-12H2,1-2H3,(H,35,39)(H,36,38)/t14-,18+,20-/m1/s1. The third-order valence-corrected chi connectivity index (χ3v) is 7.73. The van der Waals surface area contributed by atoms with Crippen LogP contribution in [0.3, 0.4) is 0 Å². The van der Waals surface area contributed by atoms with Crippen molar-refractivity contribution < 1.29 is 32.6 Å². The van der Waals surface area contributed by atoms with Gasteiger partial charge in [-0.3, -0.25) is 9.59 Å². The maximum atomic E-state index is 13.6. The summed E-state index contributed by atoms with van der Waals surface area (Å²) in [6.07, 6.45) is 0.666. The van der Waals surface area contributed by atoms with Crippen LogP contribution in [0.1, 0.15) is 60.6 Å². The van der Waals surface area contributed by atoms with Gasteiger partial charge in [0.2, 0.25) is 5.91 Å². The second-order valence-electron chi connectivity index (χ2n) is 10.8. The van der Waals surface area contributed by atoms with Crippen LogP contribution in [0.25, 0.3) is 22.3 Å². The van der Waals surface area contributed by atoms with Crippen molar-refractivity contribution in [1.29, 1.82) is 0 Å². The van der Waals surface area contributed by atoms with Crippen LogP contribution in [-0.4, -0.2) is 57.2 Å². The van der Waals surface area contributed by atoms with Crippen LogP contribution in [0.15, 0.2) is 24.5 Å². The minimum atomic E-state index is -4.55. The number of amides is 2. The van der Waals surface area contributed by atoms with Crippen molar-refractivity contribution in [3.8, 4) is 17.0 Å². The number of aliphatic hydroxyl groups is 1. The van der Waals surface area contributed by atoms with Crippen LogP contribution >= 0.6 is 0 Å². The second kappa shape index (κ2) is 11.1. The fourth-order valence-electron chi connectivity index (χ4n) is 5.36. The first-order chi connectivity index (χ1) is 19.0. The van der Waals surface area contributed by atoms with E-state index in [-0.39, 0.29) is 40.9 Å². The number of H-pyrrole nitrogens is 1. The third kappa shape index (κ3) is 5.91. The number of nitrogens with zero attached hydrogens (tertiary/aromatic N) is 2. The monoisotopic (exact) mass is 559 g/mol. The fraction of sp³-hybridized carbons (Fsp3) is 0.500. The molecule has 2 aliphatic carbocycles. The van der Waals surface area contributed by atoms with Crippen molar-refractivity contribution in [3.05, 3.63) is 41.3 Å². The zero-order valence-corrected chi connectivity index (χ0v) is 22.3. The number of carbonyl (C=O) groups excluding carboxylic acids is 2. The van der Waals surface area contributed by atoms with Crippen LogP contribution in [0.4, 0.5) is 13.2 Å². The number of aromatic nitrogens is 3. The highest BCUT2D eigenvalue weighted by molar-refractivity contribution is 6.09. The predicted octanol–water partition coefficient (Wildman–Crippen LogP) is 4.14. The highest BCUT2D eigenvalue weighted by Crippen LogP contribution is 2.40. The van der Waals surface area contributed by atoms with Gasteiger partial charge in [-0.15, -0.1) is 0 Å². The van der Waals surface area contributed by atoms with Crippen LogP contribution < -0.4 is 15.4 Å². The molecule has 214 valence electrons. The summed E-state index contributed by atoms with van der Waals surface area (Å²) in [7, 11) is 0. The minimum Gasteiger partial charge on any atom is -0.493 e. The van der Waals surface area contributed by atoms with Crippen LogP contribution in [0.2, 0.25) is 0 Å². The molecule has 0 aliphatic heterocycles. The van der Waals surface area contributed by atoms with Crippen molar-refractivity contribution in [2.45, 2.75) is 64.2 Å². The van der Waals surface area contributed by atoms with Crippen LogP contribution in [-0.2, 0) is 11.0 Å². The molecule has 0 saturated heterocycles. The number of alkyl halides is 3.